The molecule has 1 fully saturated rings. The van der Waals surface area contributed by atoms with Crippen LogP contribution < -0.4 is 0 Å². The largest absolute Gasteiger partial charge is 0.396 e. The van der Waals surface area contributed by atoms with Gasteiger partial charge in [0.1, 0.15) is 0 Å². The highest BCUT2D eigenvalue weighted by molar-refractivity contribution is 5.13. The summed E-state index contributed by atoms with van der Waals surface area (Å²) in [7, 11) is 1.66. The number of hydrogen-bond donors (Lipinski definition) is 1. The molecule has 4 heteroatoms. The van der Waals surface area contributed by atoms with Crippen LogP contribution in [0.3, 0.4) is 0 Å². The number of ether oxygens (including phenoxy) is 3. The van der Waals surface area contributed by atoms with Gasteiger partial charge in [-0.3, -0.25) is 0 Å². The summed E-state index contributed by atoms with van der Waals surface area (Å²) >= 11 is 0. The van der Waals surface area contributed by atoms with Gasteiger partial charge >= 0.3 is 0 Å². The van der Waals surface area contributed by atoms with Crippen LogP contribution in [-0.4, -0.2) is 37.3 Å². The first kappa shape index (κ1) is 15.4. The van der Waals surface area contributed by atoms with Crippen molar-refractivity contribution in [3.8, 4) is 0 Å². The maximum atomic E-state index is 9.04. The molecule has 1 aliphatic rings. The first-order valence-electron chi connectivity index (χ1n) is 7.21. The minimum absolute atomic E-state index is 0.144. The van der Waals surface area contributed by atoms with Crippen LogP contribution in [0.4, 0.5) is 0 Å². The molecule has 1 aromatic rings. The highest BCUT2D eigenvalue weighted by atomic mass is 16.7. The number of methoxy groups -OCH3 is 1. The average molecular weight is 280 g/mol. The second-order valence-electron chi connectivity index (χ2n) is 5.31. The molecule has 1 N–H and O–H groups in total. The Morgan fingerprint density at radius 1 is 1.35 bits per heavy atom. The zero-order chi connectivity index (χ0) is 14.3. The van der Waals surface area contributed by atoms with Crippen LogP contribution in [0.2, 0.25) is 0 Å². The van der Waals surface area contributed by atoms with Crippen LogP contribution >= 0.6 is 0 Å². The van der Waals surface area contributed by atoms with Crippen molar-refractivity contribution in [1.29, 1.82) is 0 Å². The molecule has 0 aliphatic carbocycles. The molecule has 0 amide bonds. The lowest BCUT2D eigenvalue weighted by Gasteiger charge is -2.29. The van der Waals surface area contributed by atoms with E-state index in [2.05, 4.69) is 0 Å². The van der Waals surface area contributed by atoms with Gasteiger partial charge in [0.2, 0.25) is 0 Å². The van der Waals surface area contributed by atoms with Crippen molar-refractivity contribution in [3.05, 3.63) is 35.9 Å². The van der Waals surface area contributed by atoms with E-state index in [1.54, 1.807) is 7.11 Å². The third-order valence-electron chi connectivity index (χ3n) is 3.75. The summed E-state index contributed by atoms with van der Waals surface area (Å²) < 4.78 is 17.1. The second kappa shape index (κ2) is 7.74. The number of aliphatic hydroxyl groups is 1. The Hall–Kier alpha value is -0.940. The molecule has 0 bridgehead atoms. The van der Waals surface area contributed by atoms with Crippen LogP contribution in [0.5, 0.6) is 0 Å². The van der Waals surface area contributed by atoms with Gasteiger partial charge in [-0.05, 0) is 24.8 Å². The van der Waals surface area contributed by atoms with E-state index in [9.17, 15) is 0 Å². The number of rotatable bonds is 8. The van der Waals surface area contributed by atoms with Crippen LogP contribution in [0.1, 0.15) is 31.2 Å². The standard InChI is InChI=1S/C16H24O4/c1-18-15-8-10-16(20-15,9-5-11-17)13-19-12-14-6-3-2-4-7-14/h2-4,6-7,15,17H,5,8-13H2,1H3/t15-,16+/m1/s1. The van der Waals surface area contributed by atoms with E-state index in [4.69, 9.17) is 19.3 Å². The zero-order valence-corrected chi connectivity index (χ0v) is 12.1. The lowest BCUT2D eigenvalue weighted by Crippen LogP contribution is -2.35. The summed E-state index contributed by atoms with van der Waals surface area (Å²) in [6.07, 6.45) is 3.19. The van der Waals surface area contributed by atoms with E-state index < -0.39 is 0 Å². The predicted octanol–water partition coefficient (Wildman–Crippen LogP) is 2.50. The SMILES string of the molecule is CO[C@H]1CC[C@@](CCCO)(COCc2ccccc2)O1. The van der Waals surface area contributed by atoms with E-state index in [1.807, 2.05) is 30.3 Å². The summed E-state index contributed by atoms with van der Waals surface area (Å²) in [5.74, 6) is 0. The fourth-order valence-electron chi connectivity index (χ4n) is 2.64. The van der Waals surface area contributed by atoms with Gasteiger partial charge in [0.25, 0.3) is 0 Å². The third kappa shape index (κ3) is 4.28. The molecule has 0 saturated carbocycles. The molecule has 2 rings (SSSR count). The lowest BCUT2D eigenvalue weighted by molar-refractivity contribution is -0.177. The monoisotopic (exact) mass is 280 g/mol. The van der Waals surface area contributed by atoms with Gasteiger partial charge in [0.05, 0.1) is 18.8 Å². The number of benzene rings is 1. The van der Waals surface area contributed by atoms with Crippen LogP contribution in [0, 0.1) is 0 Å². The zero-order valence-electron chi connectivity index (χ0n) is 12.1. The van der Waals surface area contributed by atoms with Crippen molar-refractivity contribution in [2.45, 2.75) is 44.2 Å². The molecule has 4 nitrogen and oxygen atoms in total. The normalized spacial score (nSPS) is 26.0. The number of hydrogen-bond acceptors (Lipinski definition) is 4. The summed E-state index contributed by atoms with van der Waals surface area (Å²) in [5, 5.41) is 9.04. The average Bonchev–Trinajstić information content (AvgIpc) is 2.90. The molecule has 0 aromatic heterocycles. The van der Waals surface area contributed by atoms with Crippen molar-refractivity contribution < 1.29 is 19.3 Å². The van der Waals surface area contributed by atoms with Crippen molar-refractivity contribution in [3.63, 3.8) is 0 Å². The fraction of sp³-hybridized carbons (Fsp3) is 0.625. The second-order valence-corrected chi connectivity index (χ2v) is 5.31. The van der Waals surface area contributed by atoms with Crippen molar-refractivity contribution in [2.24, 2.45) is 0 Å². The topological polar surface area (TPSA) is 47.9 Å². The minimum Gasteiger partial charge on any atom is -0.396 e. The van der Waals surface area contributed by atoms with Crippen molar-refractivity contribution in [2.75, 3.05) is 20.3 Å². The van der Waals surface area contributed by atoms with Gasteiger partial charge in [0, 0.05) is 20.1 Å². The molecular weight excluding hydrogens is 256 g/mol. The highest BCUT2D eigenvalue weighted by Gasteiger charge is 2.40. The predicted molar refractivity (Wildman–Crippen MR) is 76.3 cm³/mol. The van der Waals surface area contributed by atoms with Crippen LogP contribution in [0.15, 0.2) is 30.3 Å². The van der Waals surface area contributed by atoms with Gasteiger partial charge in [-0.2, -0.15) is 0 Å². The molecule has 1 aliphatic heterocycles. The summed E-state index contributed by atoms with van der Waals surface area (Å²) in [6, 6.07) is 10.1. The molecule has 0 unspecified atom stereocenters. The summed E-state index contributed by atoms with van der Waals surface area (Å²) in [4.78, 5) is 0. The van der Waals surface area contributed by atoms with Crippen molar-refractivity contribution in [1.82, 2.24) is 0 Å². The maximum absolute atomic E-state index is 9.04. The quantitative estimate of drug-likeness (QED) is 0.795. The Bertz CT molecular complexity index is 381. The van der Waals surface area contributed by atoms with E-state index in [1.165, 1.54) is 0 Å². The fourth-order valence-corrected chi connectivity index (χ4v) is 2.64. The van der Waals surface area contributed by atoms with E-state index in [0.717, 1.165) is 31.2 Å². The molecule has 2 atom stereocenters. The Kier molecular flexibility index (Phi) is 5.98. The van der Waals surface area contributed by atoms with Crippen molar-refractivity contribution >= 4 is 0 Å². The Labute approximate surface area is 120 Å². The smallest absolute Gasteiger partial charge is 0.158 e. The minimum atomic E-state index is -0.307. The van der Waals surface area contributed by atoms with Gasteiger partial charge < -0.3 is 19.3 Å². The molecular formula is C16H24O4. The Balaban J connectivity index is 1.85. The van der Waals surface area contributed by atoms with E-state index in [-0.39, 0.29) is 18.5 Å². The van der Waals surface area contributed by atoms with E-state index in [0.29, 0.717) is 13.2 Å². The van der Waals surface area contributed by atoms with Crippen LogP contribution in [-0.2, 0) is 20.8 Å². The Morgan fingerprint density at radius 3 is 2.80 bits per heavy atom. The lowest BCUT2D eigenvalue weighted by atomic mass is 9.95. The summed E-state index contributed by atoms with van der Waals surface area (Å²) in [6.45, 7) is 1.31. The molecule has 0 spiro atoms. The molecule has 112 valence electrons. The first-order valence-corrected chi connectivity index (χ1v) is 7.21. The molecule has 1 heterocycles. The van der Waals surface area contributed by atoms with E-state index >= 15 is 0 Å². The maximum Gasteiger partial charge on any atom is 0.158 e. The molecule has 0 radical (unpaired) electrons. The summed E-state index contributed by atoms with van der Waals surface area (Å²) in [5.41, 5.74) is 0.851. The molecule has 20 heavy (non-hydrogen) atoms. The van der Waals surface area contributed by atoms with Gasteiger partial charge in [-0.1, -0.05) is 30.3 Å². The van der Waals surface area contributed by atoms with Gasteiger partial charge in [-0.15, -0.1) is 0 Å². The molecule has 1 aromatic carbocycles. The van der Waals surface area contributed by atoms with Crippen LogP contribution in [0.25, 0.3) is 0 Å². The van der Waals surface area contributed by atoms with Gasteiger partial charge in [-0.25, -0.2) is 0 Å². The molecule has 1 saturated heterocycles. The van der Waals surface area contributed by atoms with Gasteiger partial charge in [0.15, 0.2) is 6.29 Å². The highest BCUT2D eigenvalue weighted by Crippen LogP contribution is 2.35. The Morgan fingerprint density at radius 2 is 2.15 bits per heavy atom. The third-order valence-corrected chi connectivity index (χ3v) is 3.75. The number of aliphatic hydroxyl groups excluding tert-OH is 1. The first-order chi connectivity index (χ1) is 9.78.